The van der Waals surface area contributed by atoms with Crippen LogP contribution in [0.15, 0.2) is 56.5 Å². The fraction of sp³-hybridized carbons (Fsp3) is 0.200. The second-order valence-corrected chi connectivity index (χ2v) is 8.75. The van der Waals surface area contributed by atoms with Crippen molar-refractivity contribution in [1.29, 1.82) is 0 Å². The van der Waals surface area contributed by atoms with Crippen LogP contribution in [0.25, 0.3) is 0 Å². The zero-order valence-electron chi connectivity index (χ0n) is 12.2. The summed E-state index contributed by atoms with van der Waals surface area (Å²) in [5, 5.41) is 1.58. The molecule has 5 nitrogen and oxygen atoms in total. The summed E-state index contributed by atoms with van der Waals surface area (Å²) in [4.78, 5) is 13.9. The van der Waals surface area contributed by atoms with Gasteiger partial charge in [-0.1, -0.05) is 43.0 Å². The molecule has 0 radical (unpaired) electrons. The Kier molecular flexibility index (Phi) is 4.56. The molecule has 23 heavy (non-hydrogen) atoms. The monoisotopic (exact) mass is 366 g/mol. The van der Waals surface area contributed by atoms with Gasteiger partial charge in [0.15, 0.2) is 5.17 Å². The van der Waals surface area contributed by atoms with E-state index in [9.17, 15) is 13.2 Å². The third kappa shape index (κ3) is 3.19. The fourth-order valence-electron chi connectivity index (χ4n) is 2.16. The average molecular weight is 366 g/mol. The molecule has 1 atom stereocenters. The molecule has 1 amide bonds. The van der Waals surface area contributed by atoms with E-state index in [0.717, 1.165) is 11.3 Å². The Labute approximate surface area is 143 Å². The van der Waals surface area contributed by atoms with Gasteiger partial charge in [-0.2, -0.15) is 8.42 Å². The molecule has 8 heteroatoms. The maximum atomic E-state index is 12.6. The number of anilines is 1. The Bertz CT molecular complexity index is 830. The molecule has 2 aromatic rings. The smallest absolute Gasteiger partial charge is 0.273 e. The fourth-order valence-corrected chi connectivity index (χ4v) is 5.40. The largest absolute Gasteiger partial charge is 0.294 e. The normalized spacial score (nSPS) is 20.4. The third-order valence-electron chi connectivity index (χ3n) is 3.27. The second kappa shape index (κ2) is 6.46. The van der Waals surface area contributed by atoms with Gasteiger partial charge in [-0.25, -0.2) is 0 Å². The van der Waals surface area contributed by atoms with Crippen molar-refractivity contribution < 1.29 is 13.2 Å². The van der Waals surface area contributed by atoms with Gasteiger partial charge in [-0.05, 0) is 30.0 Å². The van der Waals surface area contributed by atoms with Crippen molar-refractivity contribution >= 4 is 49.9 Å². The van der Waals surface area contributed by atoms with Crippen molar-refractivity contribution in [3.63, 3.8) is 0 Å². The maximum Gasteiger partial charge on any atom is 0.294 e. The zero-order chi connectivity index (χ0) is 16.4. The molecule has 120 valence electrons. The predicted molar refractivity (Wildman–Crippen MR) is 94.5 cm³/mol. The Morgan fingerprint density at radius 1 is 1.17 bits per heavy atom. The van der Waals surface area contributed by atoms with Crippen molar-refractivity contribution in [2.45, 2.75) is 22.8 Å². The van der Waals surface area contributed by atoms with E-state index in [4.69, 9.17) is 0 Å². The minimum absolute atomic E-state index is 0.135. The summed E-state index contributed by atoms with van der Waals surface area (Å²) in [5.74, 6) is -0.135. The minimum atomic E-state index is -3.80. The van der Waals surface area contributed by atoms with Crippen LogP contribution in [-0.4, -0.2) is 24.7 Å². The summed E-state index contributed by atoms with van der Waals surface area (Å²) >= 11 is 2.31. The molecule has 1 aliphatic heterocycles. The van der Waals surface area contributed by atoms with Crippen LogP contribution < -0.4 is 4.90 Å². The number of sulfonamides is 1. The van der Waals surface area contributed by atoms with Gasteiger partial charge < -0.3 is 0 Å². The highest BCUT2D eigenvalue weighted by atomic mass is 32.2. The summed E-state index contributed by atoms with van der Waals surface area (Å²) in [7, 11) is -3.80. The first-order valence-corrected chi connectivity index (χ1v) is 10.2. The van der Waals surface area contributed by atoms with E-state index in [0.29, 0.717) is 12.1 Å². The van der Waals surface area contributed by atoms with Gasteiger partial charge in [0.2, 0.25) is 5.91 Å². The van der Waals surface area contributed by atoms with E-state index in [1.807, 2.05) is 13.0 Å². The van der Waals surface area contributed by atoms with Crippen LogP contribution in [0.5, 0.6) is 0 Å². The molecule has 2 heterocycles. The van der Waals surface area contributed by atoms with Gasteiger partial charge in [-0.15, -0.1) is 15.7 Å². The topological polar surface area (TPSA) is 66.8 Å². The SMILES string of the molecule is CC[C@@H]1SC(=NS(=O)(=O)c2cccs2)N(c2ccccc2)C1=O. The summed E-state index contributed by atoms with van der Waals surface area (Å²) in [6, 6.07) is 12.2. The van der Waals surface area contributed by atoms with Crippen LogP contribution in [0.4, 0.5) is 5.69 Å². The van der Waals surface area contributed by atoms with Gasteiger partial charge in [0.05, 0.1) is 10.9 Å². The van der Waals surface area contributed by atoms with Crippen LogP contribution in [0.1, 0.15) is 13.3 Å². The summed E-state index contributed by atoms with van der Waals surface area (Å²) in [6.07, 6.45) is 0.616. The molecule has 1 aromatic carbocycles. The number of amides is 1. The van der Waals surface area contributed by atoms with Crippen molar-refractivity contribution in [3.8, 4) is 0 Å². The minimum Gasteiger partial charge on any atom is -0.273 e. The molecule has 3 rings (SSSR count). The molecule has 0 saturated carbocycles. The first-order chi connectivity index (χ1) is 11.0. The number of thiophene rings is 1. The molecular formula is C15H14N2O3S3. The Hall–Kier alpha value is -1.64. The molecule has 1 aliphatic rings. The number of benzene rings is 1. The lowest BCUT2D eigenvalue weighted by molar-refractivity contribution is -0.116. The Morgan fingerprint density at radius 2 is 1.91 bits per heavy atom. The van der Waals surface area contributed by atoms with Crippen LogP contribution in [0, 0.1) is 0 Å². The first-order valence-electron chi connectivity index (χ1n) is 6.97. The van der Waals surface area contributed by atoms with Gasteiger partial charge in [0, 0.05) is 0 Å². The van der Waals surface area contributed by atoms with Crippen LogP contribution in [0.2, 0.25) is 0 Å². The lowest BCUT2D eigenvalue weighted by Crippen LogP contribution is -2.32. The Morgan fingerprint density at radius 3 is 2.52 bits per heavy atom. The van der Waals surface area contributed by atoms with Crippen molar-refractivity contribution in [3.05, 3.63) is 47.8 Å². The van der Waals surface area contributed by atoms with Gasteiger partial charge >= 0.3 is 0 Å². The van der Waals surface area contributed by atoms with E-state index >= 15 is 0 Å². The van der Waals surface area contributed by atoms with Crippen LogP contribution >= 0.6 is 23.1 Å². The zero-order valence-corrected chi connectivity index (χ0v) is 14.7. The highest BCUT2D eigenvalue weighted by molar-refractivity contribution is 8.16. The molecular weight excluding hydrogens is 352 g/mol. The molecule has 0 aliphatic carbocycles. The van der Waals surface area contributed by atoms with E-state index in [2.05, 4.69) is 4.40 Å². The lowest BCUT2D eigenvalue weighted by Gasteiger charge is -2.15. The number of carbonyl (C=O) groups is 1. The summed E-state index contributed by atoms with van der Waals surface area (Å²) in [5.41, 5.74) is 0.626. The number of thioether (sulfide) groups is 1. The second-order valence-electron chi connectivity index (χ2n) is 4.80. The molecule has 0 spiro atoms. The predicted octanol–water partition coefficient (Wildman–Crippen LogP) is 3.35. The van der Waals surface area contributed by atoms with E-state index in [1.54, 1.807) is 35.7 Å². The van der Waals surface area contributed by atoms with Gasteiger partial charge in [0.25, 0.3) is 10.0 Å². The van der Waals surface area contributed by atoms with Crippen molar-refractivity contribution in [1.82, 2.24) is 0 Å². The highest BCUT2D eigenvalue weighted by Crippen LogP contribution is 2.34. The van der Waals surface area contributed by atoms with E-state index in [1.165, 1.54) is 22.7 Å². The van der Waals surface area contributed by atoms with Gasteiger partial charge in [0.1, 0.15) is 4.21 Å². The average Bonchev–Trinajstić information content (AvgIpc) is 3.17. The van der Waals surface area contributed by atoms with Crippen LogP contribution in [-0.2, 0) is 14.8 Å². The number of amidine groups is 1. The van der Waals surface area contributed by atoms with E-state index < -0.39 is 10.0 Å². The first kappa shape index (κ1) is 16.2. The quantitative estimate of drug-likeness (QED) is 0.832. The molecule has 0 N–H and O–H groups in total. The molecule has 1 fully saturated rings. The summed E-state index contributed by atoms with van der Waals surface area (Å²) in [6.45, 7) is 1.90. The van der Waals surface area contributed by atoms with Gasteiger partial charge in [-0.3, -0.25) is 9.69 Å². The molecule has 1 aromatic heterocycles. The van der Waals surface area contributed by atoms with Crippen molar-refractivity contribution in [2.24, 2.45) is 4.40 Å². The summed E-state index contributed by atoms with van der Waals surface area (Å²) < 4.78 is 28.9. The lowest BCUT2D eigenvalue weighted by atomic mass is 10.2. The Balaban J connectivity index is 2.05. The standard InChI is InChI=1S/C15H14N2O3S3/c1-2-12-14(18)17(11-7-4-3-5-8-11)15(22-12)16-23(19,20)13-9-6-10-21-13/h3-10,12H,2H2,1H3/t12-/m0/s1. The number of nitrogens with zero attached hydrogens (tertiary/aromatic N) is 2. The number of hydrogen-bond acceptors (Lipinski definition) is 5. The third-order valence-corrected chi connectivity index (χ3v) is 7.33. The van der Waals surface area contributed by atoms with Crippen LogP contribution in [0.3, 0.4) is 0 Å². The molecule has 0 bridgehead atoms. The van der Waals surface area contributed by atoms with E-state index in [-0.39, 0.29) is 20.5 Å². The highest BCUT2D eigenvalue weighted by Gasteiger charge is 2.39. The van der Waals surface area contributed by atoms with Crippen molar-refractivity contribution in [2.75, 3.05) is 4.90 Å². The number of rotatable bonds is 4. The number of carbonyl (C=O) groups excluding carboxylic acids is 1. The molecule has 0 unspecified atom stereocenters. The number of hydrogen-bond donors (Lipinski definition) is 0. The molecule has 1 saturated heterocycles. The number of para-hydroxylation sites is 1. The maximum absolute atomic E-state index is 12.6.